The summed E-state index contributed by atoms with van der Waals surface area (Å²) in [4.78, 5) is 24.8. The van der Waals surface area contributed by atoms with E-state index in [1.54, 1.807) is 13.8 Å². The first-order valence-corrected chi connectivity index (χ1v) is 11.8. The van der Waals surface area contributed by atoms with Crippen LogP contribution in [0.25, 0.3) is 0 Å². The number of amides is 1. The number of hydrogen-bond acceptors (Lipinski definition) is 4. The van der Waals surface area contributed by atoms with Crippen LogP contribution in [-0.4, -0.2) is 26.2 Å². The normalized spacial score (nSPS) is 13.7. The molecule has 7 heteroatoms. The molecule has 160 valence electrons. The molecule has 0 spiro atoms. The zero-order chi connectivity index (χ0) is 21.7. The molecule has 0 aliphatic heterocycles. The van der Waals surface area contributed by atoms with Crippen LogP contribution >= 0.6 is 0 Å². The van der Waals surface area contributed by atoms with Gasteiger partial charge in [0.2, 0.25) is 15.9 Å². The summed E-state index contributed by atoms with van der Waals surface area (Å²) in [5.74, 6) is -0.322. The number of Topliss-reactive ketones (excluding diaryl/α,β-unsaturated/α-hetero) is 1. The highest BCUT2D eigenvalue weighted by molar-refractivity contribution is 7.89. The maximum atomic E-state index is 12.5. The highest BCUT2D eigenvalue weighted by Crippen LogP contribution is 2.23. The molecule has 0 fully saturated rings. The smallest absolute Gasteiger partial charge is 0.240 e. The van der Waals surface area contributed by atoms with Crippen LogP contribution < -0.4 is 10.0 Å². The molecule has 2 aromatic carbocycles. The number of rotatable bonds is 8. The summed E-state index contributed by atoms with van der Waals surface area (Å²) >= 11 is 0. The van der Waals surface area contributed by atoms with Gasteiger partial charge in [-0.3, -0.25) is 9.59 Å². The molecule has 30 heavy (non-hydrogen) atoms. The zero-order valence-corrected chi connectivity index (χ0v) is 18.2. The minimum Gasteiger partial charge on any atom is -0.326 e. The van der Waals surface area contributed by atoms with Gasteiger partial charge in [-0.15, -0.1) is 0 Å². The van der Waals surface area contributed by atoms with Gasteiger partial charge in [-0.1, -0.05) is 12.1 Å². The number of carbonyl (C=O) groups is 2. The number of hydrogen-bond donors (Lipinski definition) is 2. The predicted octanol–water partition coefficient (Wildman–Crippen LogP) is 3.85. The van der Waals surface area contributed by atoms with Crippen molar-refractivity contribution in [1.29, 1.82) is 0 Å². The minimum absolute atomic E-state index is 0.0419. The average molecular weight is 429 g/mol. The molecule has 1 amide bonds. The van der Waals surface area contributed by atoms with Gasteiger partial charge in [0.05, 0.1) is 4.90 Å². The van der Waals surface area contributed by atoms with E-state index in [2.05, 4.69) is 10.0 Å². The monoisotopic (exact) mass is 428 g/mol. The van der Waals surface area contributed by atoms with Crippen LogP contribution in [0.4, 0.5) is 5.69 Å². The SMILES string of the molecule is CC(C)NS(=O)(=O)c1ccc(NC(=O)CCC(=O)c2ccc3c(c2)CCCC3)cc1. The molecule has 0 bridgehead atoms. The fourth-order valence-corrected chi connectivity index (χ4v) is 4.85. The van der Waals surface area contributed by atoms with Crippen LogP contribution in [0.1, 0.15) is 61.0 Å². The lowest BCUT2D eigenvalue weighted by molar-refractivity contribution is -0.116. The number of fused-ring (bicyclic) bond motifs is 1. The van der Waals surface area contributed by atoms with Gasteiger partial charge in [0, 0.05) is 30.1 Å². The number of aryl methyl sites for hydroxylation is 2. The molecule has 2 aromatic rings. The van der Waals surface area contributed by atoms with E-state index in [9.17, 15) is 18.0 Å². The first-order valence-electron chi connectivity index (χ1n) is 10.3. The van der Waals surface area contributed by atoms with Crippen molar-refractivity contribution in [3.8, 4) is 0 Å². The van der Waals surface area contributed by atoms with Crippen molar-refractivity contribution >= 4 is 27.4 Å². The van der Waals surface area contributed by atoms with Gasteiger partial charge in [-0.05, 0) is 81.0 Å². The van der Waals surface area contributed by atoms with Gasteiger partial charge in [0.1, 0.15) is 0 Å². The average Bonchev–Trinajstić information content (AvgIpc) is 2.71. The maximum Gasteiger partial charge on any atom is 0.240 e. The van der Waals surface area contributed by atoms with Crippen molar-refractivity contribution in [2.75, 3.05) is 5.32 Å². The third-order valence-corrected chi connectivity index (χ3v) is 6.76. The Morgan fingerprint density at radius 1 is 0.933 bits per heavy atom. The number of carbonyl (C=O) groups excluding carboxylic acids is 2. The zero-order valence-electron chi connectivity index (χ0n) is 17.4. The van der Waals surface area contributed by atoms with E-state index >= 15 is 0 Å². The van der Waals surface area contributed by atoms with E-state index in [1.165, 1.54) is 41.8 Å². The van der Waals surface area contributed by atoms with Crippen molar-refractivity contribution in [3.05, 3.63) is 59.2 Å². The summed E-state index contributed by atoms with van der Waals surface area (Å²) in [6.07, 6.45) is 4.64. The second kappa shape index (κ2) is 9.53. The molecular formula is C23H28N2O4S. The Kier molecular flexibility index (Phi) is 7.05. The van der Waals surface area contributed by atoms with Crippen LogP contribution in [0.2, 0.25) is 0 Å². The topological polar surface area (TPSA) is 92.3 Å². The second-order valence-corrected chi connectivity index (χ2v) is 9.68. The Morgan fingerprint density at radius 2 is 1.60 bits per heavy atom. The number of nitrogens with one attached hydrogen (secondary N) is 2. The lowest BCUT2D eigenvalue weighted by Crippen LogP contribution is -2.30. The van der Waals surface area contributed by atoms with Crippen LogP contribution in [0.15, 0.2) is 47.4 Å². The largest absolute Gasteiger partial charge is 0.326 e. The summed E-state index contributed by atoms with van der Waals surface area (Å²) in [5, 5.41) is 2.71. The minimum atomic E-state index is -3.57. The fraction of sp³-hybridized carbons (Fsp3) is 0.391. The highest BCUT2D eigenvalue weighted by Gasteiger charge is 2.16. The van der Waals surface area contributed by atoms with E-state index in [0.29, 0.717) is 11.3 Å². The number of benzene rings is 2. The van der Waals surface area contributed by atoms with Crippen molar-refractivity contribution in [2.24, 2.45) is 0 Å². The molecule has 3 rings (SSSR count). The molecule has 0 radical (unpaired) electrons. The van der Waals surface area contributed by atoms with E-state index < -0.39 is 10.0 Å². The fourth-order valence-electron chi connectivity index (χ4n) is 3.60. The molecule has 0 unspecified atom stereocenters. The van der Waals surface area contributed by atoms with Gasteiger partial charge in [-0.25, -0.2) is 13.1 Å². The molecule has 1 aliphatic carbocycles. The number of anilines is 1. The Bertz CT molecular complexity index is 1030. The lowest BCUT2D eigenvalue weighted by Gasteiger charge is -2.16. The predicted molar refractivity (Wildman–Crippen MR) is 117 cm³/mol. The summed E-state index contributed by atoms with van der Waals surface area (Å²) < 4.78 is 26.8. The molecule has 0 saturated heterocycles. The molecule has 0 heterocycles. The van der Waals surface area contributed by atoms with Crippen molar-refractivity contribution in [3.63, 3.8) is 0 Å². The summed E-state index contributed by atoms with van der Waals surface area (Å²) in [5.41, 5.74) is 3.73. The summed E-state index contributed by atoms with van der Waals surface area (Å²) in [6.45, 7) is 3.50. The van der Waals surface area contributed by atoms with Gasteiger partial charge in [-0.2, -0.15) is 0 Å². The Hall–Kier alpha value is -2.51. The first kappa shape index (κ1) is 22.2. The lowest BCUT2D eigenvalue weighted by atomic mass is 9.89. The van der Waals surface area contributed by atoms with E-state index in [1.807, 2.05) is 18.2 Å². The van der Waals surface area contributed by atoms with Crippen LogP contribution in [0, 0.1) is 0 Å². The standard InChI is InChI=1S/C23H28N2O4S/c1-16(2)25-30(28,29)21-11-9-20(10-12-21)24-23(27)14-13-22(26)19-8-7-17-5-3-4-6-18(17)15-19/h7-12,15-16,25H,3-6,13-14H2,1-2H3,(H,24,27). The molecule has 0 saturated carbocycles. The first-order chi connectivity index (χ1) is 14.2. The Balaban J connectivity index is 1.54. The number of sulfonamides is 1. The van der Waals surface area contributed by atoms with Crippen molar-refractivity contribution in [1.82, 2.24) is 4.72 Å². The van der Waals surface area contributed by atoms with E-state index in [0.717, 1.165) is 19.3 Å². The second-order valence-electron chi connectivity index (χ2n) is 7.96. The van der Waals surface area contributed by atoms with Crippen molar-refractivity contribution in [2.45, 2.75) is 63.3 Å². The van der Waals surface area contributed by atoms with E-state index in [-0.39, 0.29) is 35.5 Å². The molecule has 6 nitrogen and oxygen atoms in total. The highest BCUT2D eigenvalue weighted by atomic mass is 32.2. The van der Waals surface area contributed by atoms with Crippen molar-refractivity contribution < 1.29 is 18.0 Å². The van der Waals surface area contributed by atoms with Crippen LogP contribution in [-0.2, 0) is 27.7 Å². The third kappa shape index (κ3) is 5.77. The summed E-state index contributed by atoms with van der Waals surface area (Å²) in [6, 6.07) is 11.6. The van der Waals surface area contributed by atoms with Gasteiger partial charge < -0.3 is 5.32 Å². The van der Waals surface area contributed by atoms with Crippen LogP contribution in [0.5, 0.6) is 0 Å². The molecule has 0 atom stereocenters. The number of ketones is 1. The molecule has 2 N–H and O–H groups in total. The molecular weight excluding hydrogens is 400 g/mol. The quantitative estimate of drug-likeness (QED) is 0.625. The third-order valence-electron chi connectivity index (χ3n) is 5.09. The van der Waals surface area contributed by atoms with E-state index in [4.69, 9.17) is 0 Å². The summed E-state index contributed by atoms with van der Waals surface area (Å²) in [7, 11) is -3.57. The van der Waals surface area contributed by atoms with Crippen LogP contribution in [0.3, 0.4) is 0 Å². The molecule has 0 aromatic heterocycles. The Morgan fingerprint density at radius 3 is 2.27 bits per heavy atom. The van der Waals surface area contributed by atoms with Gasteiger partial charge in [0.15, 0.2) is 5.78 Å². The van der Waals surface area contributed by atoms with Gasteiger partial charge in [0.25, 0.3) is 0 Å². The Labute approximate surface area is 178 Å². The maximum absolute atomic E-state index is 12.5. The van der Waals surface area contributed by atoms with Gasteiger partial charge >= 0.3 is 0 Å². The molecule has 1 aliphatic rings.